The molecule has 0 radical (unpaired) electrons. The van der Waals surface area contributed by atoms with Gasteiger partial charge in [-0.3, -0.25) is 4.79 Å². The molecule has 5 nitrogen and oxygen atoms in total. The van der Waals surface area contributed by atoms with Crippen molar-refractivity contribution in [2.45, 2.75) is 38.5 Å². The van der Waals surface area contributed by atoms with Crippen LogP contribution < -0.4 is 15.4 Å². The number of ether oxygens (including phenoxy) is 2. The summed E-state index contributed by atoms with van der Waals surface area (Å²) in [6, 6.07) is 9.30. The summed E-state index contributed by atoms with van der Waals surface area (Å²) in [5.41, 5.74) is -0.476. The van der Waals surface area contributed by atoms with Gasteiger partial charge in [0.25, 0.3) is 0 Å². The van der Waals surface area contributed by atoms with Crippen LogP contribution in [0.2, 0.25) is 0 Å². The summed E-state index contributed by atoms with van der Waals surface area (Å²) in [5, 5.41) is 6.11. The maximum atomic E-state index is 12.2. The van der Waals surface area contributed by atoms with E-state index in [9.17, 15) is 4.79 Å². The molecule has 1 aliphatic heterocycles. The van der Waals surface area contributed by atoms with Crippen LogP contribution in [0.1, 0.15) is 20.8 Å². The average Bonchev–Trinajstić information content (AvgIpc) is 2.46. The molecule has 0 saturated carbocycles. The Kier molecular flexibility index (Phi) is 5.20. The van der Waals surface area contributed by atoms with Crippen LogP contribution in [0.3, 0.4) is 0 Å². The molecule has 0 bridgehead atoms. The quantitative estimate of drug-likeness (QED) is 0.860. The van der Waals surface area contributed by atoms with Crippen molar-refractivity contribution in [2.75, 3.05) is 19.7 Å². The van der Waals surface area contributed by atoms with Gasteiger partial charge in [0.15, 0.2) is 0 Å². The lowest BCUT2D eigenvalue weighted by molar-refractivity contribution is -0.129. The van der Waals surface area contributed by atoms with Crippen LogP contribution >= 0.6 is 0 Å². The Balaban J connectivity index is 1.84. The third kappa shape index (κ3) is 4.72. The van der Waals surface area contributed by atoms with Crippen LogP contribution in [-0.4, -0.2) is 43.4 Å². The van der Waals surface area contributed by atoms with Gasteiger partial charge in [-0.2, -0.15) is 0 Å². The lowest BCUT2D eigenvalue weighted by Gasteiger charge is -2.31. The lowest BCUT2D eigenvalue weighted by Crippen LogP contribution is -2.57. The summed E-state index contributed by atoms with van der Waals surface area (Å²) in [6.45, 7) is 7.59. The third-order valence-electron chi connectivity index (χ3n) is 3.42. The molecule has 1 aromatic carbocycles. The molecule has 5 heteroatoms. The van der Waals surface area contributed by atoms with E-state index in [1.54, 1.807) is 0 Å². The minimum Gasteiger partial charge on any atom is -0.486 e. The zero-order valence-corrected chi connectivity index (χ0v) is 12.9. The lowest BCUT2D eigenvalue weighted by atomic mass is 10.1. The van der Waals surface area contributed by atoms with Crippen LogP contribution in [0.5, 0.6) is 5.75 Å². The molecule has 1 amide bonds. The first-order valence-corrected chi connectivity index (χ1v) is 7.35. The first-order valence-electron chi connectivity index (χ1n) is 7.35. The maximum absolute atomic E-state index is 12.2. The second-order valence-corrected chi connectivity index (χ2v) is 5.90. The van der Waals surface area contributed by atoms with Gasteiger partial charge in [-0.15, -0.1) is 0 Å². The number of benzene rings is 1. The molecular weight excluding hydrogens is 268 g/mol. The van der Waals surface area contributed by atoms with Gasteiger partial charge < -0.3 is 20.1 Å². The summed E-state index contributed by atoms with van der Waals surface area (Å²) in [4.78, 5) is 12.2. The van der Waals surface area contributed by atoms with E-state index in [0.717, 1.165) is 5.75 Å². The number of para-hydroxylation sites is 1. The average molecular weight is 292 g/mol. The number of carbonyl (C=O) groups is 1. The van der Waals surface area contributed by atoms with Crippen LogP contribution in [0, 0.1) is 0 Å². The molecule has 116 valence electrons. The molecule has 1 aliphatic rings. The normalized spacial score (nSPS) is 22.6. The van der Waals surface area contributed by atoms with Crippen molar-refractivity contribution in [1.82, 2.24) is 10.6 Å². The minimum atomic E-state index is -0.476. The number of rotatable bonds is 5. The fourth-order valence-electron chi connectivity index (χ4n) is 2.28. The van der Waals surface area contributed by atoms with Crippen LogP contribution in [-0.2, 0) is 9.53 Å². The van der Waals surface area contributed by atoms with Gasteiger partial charge in [-0.25, -0.2) is 0 Å². The number of nitrogens with one attached hydrogen (secondary N) is 2. The zero-order chi connectivity index (χ0) is 15.3. The van der Waals surface area contributed by atoms with Gasteiger partial charge in [0, 0.05) is 6.54 Å². The smallest absolute Gasteiger partial charge is 0.239 e. The van der Waals surface area contributed by atoms with Crippen molar-refractivity contribution in [3.8, 4) is 5.75 Å². The molecule has 1 aromatic rings. The van der Waals surface area contributed by atoms with Crippen molar-refractivity contribution in [2.24, 2.45) is 0 Å². The van der Waals surface area contributed by atoms with Gasteiger partial charge in [0.1, 0.15) is 17.4 Å². The highest BCUT2D eigenvalue weighted by Gasteiger charge is 2.30. The van der Waals surface area contributed by atoms with Crippen molar-refractivity contribution < 1.29 is 14.3 Å². The van der Waals surface area contributed by atoms with Gasteiger partial charge in [-0.1, -0.05) is 18.2 Å². The Hall–Kier alpha value is -1.59. The van der Waals surface area contributed by atoms with E-state index in [2.05, 4.69) is 10.6 Å². The largest absolute Gasteiger partial charge is 0.486 e. The molecule has 2 rings (SSSR count). The molecule has 21 heavy (non-hydrogen) atoms. The molecule has 1 saturated heterocycles. The predicted octanol–water partition coefficient (Wildman–Crippen LogP) is 1.34. The van der Waals surface area contributed by atoms with Crippen LogP contribution in [0.4, 0.5) is 0 Å². The van der Waals surface area contributed by atoms with Gasteiger partial charge in [0.05, 0.1) is 19.3 Å². The molecule has 0 spiro atoms. The molecule has 1 heterocycles. The Labute approximate surface area is 126 Å². The standard InChI is InChI=1S/C16H24N2O3/c1-12-14(17-9-10-20-12)15(19)18-11-16(2,3)21-13-7-5-4-6-8-13/h4-8,12,14,17H,9-11H2,1-3H3,(H,18,19)/t12-,14+/m1/s1. The van der Waals surface area contributed by atoms with E-state index in [0.29, 0.717) is 19.7 Å². The molecule has 0 aliphatic carbocycles. The van der Waals surface area contributed by atoms with E-state index in [1.165, 1.54) is 0 Å². The maximum Gasteiger partial charge on any atom is 0.239 e. The fraction of sp³-hybridized carbons (Fsp3) is 0.562. The first kappa shape index (κ1) is 15.8. The number of carbonyl (C=O) groups excluding carboxylic acids is 1. The highest BCUT2D eigenvalue weighted by Crippen LogP contribution is 2.17. The van der Waals surface area contributed by atoms with Gasteiger partial charge in [0.2, 0.25) is 5.91 Å². The molecule has 2 atom stereocenters. The van der Waals surface area contributed by atoms with Crippen molar-refractivity contribution in [1.29, 1.82) is 0 Å². The number of hydrogen-bond acceptors (Lipinski definition) is 4. The molecule has 0 aromatic heterocycles. The molecule has 2 N–H and O–H groups in total. The van der Waals surface area contributed by atoms with E-state index in [1.807, 2.05) is 51.1 Å². The molecular formula is C16H24N2O3. The summed E-state index contributed by atoms with van der Waals surface area (Å²) < 4.78 is 11.4. The highest BCUT2D eigenvalue weighted by molar-refractivity contribution is 5.82. The second kappa shape index (κ2) is 6.91. The third-order valence-corrected chi connectivity index (χ3v) is 3.42. The van der Waals surface area contributed by atoms with Crippen molar-refractivity contribution >= 4 is 5.91 Å². The molecule has 1 fully saturated rings. The molecule has 0 unspecified atom stereocenters. The van der Waals surface area contributed by atoms with E-state index in [4.69, 9.17) is 9.47 Å². The van der Waals surface area contributed by atoms with Gasteiger partial charge in [-0.05, 0) is 32.9 Å². The zero-order valence-electron chi connectivity index (χ0n) is 12.9. The predicted molar refractivity (Wildman–Crippen MR) is 81.4 cm³/mol. The highest BCUT2D eigenvalue weighted by atomic mass is 16.5. The van der Waals surface area contributed by atoms with E-state index >= 15 is 0 Å². The van der Waals surface area contributed by atoms with E-state index < -0.39 is 5.60 Å². The Bertz CT molecular complexity index is 462. The van der Waals surface area contributed by atoms with Crippen molar-refractivity contribution in [3.63, 3.8) is 0 Å². The summed E-state index contributed by atoms with van der Waals surface area (Å²) >= 11 is 0. The Morgan fingerprint density at radius 3 is 2.81 bits per heavy atom. The minimum absolute atomic E-state index is 0.0491. The topological polar surface area (TPSA) is 59.6 Å². The monoisotopic (exact) mass is 292 g/mol. The first-order chi connectivity index (χ1) is 9.98. The number of hydrogen-bond donors (Lipinski definition) is 2. The van der Waals surface area contributed by atoms with Crippen molar-refractivity contribution in [3.05, 3.63) is 30.3 Å². The second-order valence-electron chi connectivity index (χ2n) is 5.90. The van der Waals surface area contributed by atoms with E-state index in [-0.39, 0.29) is 18.1 Å². The Morgan fingerprint density at radius 2 is 2.14 bits per heavy atom. The van der Waals surface area contributed by atoms with Gasteiger partial charge >= 0.3 is 0 Å². The SMILES string of the molecule is C[C@H]1OCCN[C@@H]1C(=O)NCC(C)(C)Oc1ccccc1. The summed E-state index contributed by atoms with van der Waals surface area (Å²) in [7, 11) is 0. The van der Waals surface area contributed by atoms with Crippen LogP contribution in [0.15, 0.2) is 30.3 Å². The fourth-order valence-corrected chi connectivity index (χ4v) is 2.28. The number of morpholine rings is 1. The summed E-state index contributed by atoms with van der Waals surface area (Å²) in [5.74, 6) is 0.746. The number of amides is 1. The van der Waals surface area contributed by atoms with Crippen LogP contribution in [0.25, 0.3) is 0 Å². The Morgan fingerprint density at radius 1 is 1.43 bits per heavy atom. The summed E-state index contributed by atoms with van der Waals surface area (Å²) in [6.07, 6.45) is -0.114.